The lowest BCUT2D eigenvalue weighted by Gasteiger charge is -2.22. The second-order valence-corrected chi connectivity index (χ2v) is 9.18. The Kier molecular flexibility index (Phi) is 3.02. The highest BCUT2D eigenvalue weighted by molar-refractivity contribution is 6.14. The minimum atomic E-state index is -2.14. The number of hydrogen-bond donors (Lipinski definition) is 0. The van der Waals surface area contributed by atoms with Gasteiger partial charge in [-0.15, -0.1) is 0 Å². The lowest BCUT2D eigenvalue weighted by molar-refractivity contribution is -0.660. The molecule has 5 aromatic rings. The maximum Gasteiger partial charge on any atom is 0.216 e. The van der Waals surface area contributed by atoms with Crippen molar-refractivity contribution in [1.82, 2.24) is 0 Å². The summed E-state index contributed by atoms with van der Waals surface area (Å²) in [5.41, 5.74) is 10.1. The Morgan fingerprint density at radius 3 is 2.58 bits per heavy atom. The van der Waals surface area contributed by atoms with Gasteiger partial charge in [-0.2, -0.15) is 0 Å². The Hall–Kier alpha value is -3.39. The van der Waals surface area contributed by atoms with E-state index in [9.17, 15) is 0 Å². The van der Waals surface area contributed by atoms with Gasteiger partial charge in [-0.05, 0) is 53.7 Å². The molecule has 152 valence electrons. The lowest BCUT2D eigenvalue weighted by atomic mass is 9.80. The fraction of sp³-hybridized carbons (Fsp3) is 0.207. The number of benzene rings is 3. The third-order valence-electron chi connectivity index (χ3n) is 6.92. The van der Waals surface area contributed by atoms with E-state index in [4.69, 9.17) is 8.53 Å². The van der Waals surface area contributed by atoms with E-state index in [1.165, 1.54) is 22.3 Å². The zero-order valence-corrected chi connectivity index (χ0v) is 18.2. The molecular weight excluding hydrogens is 378 g/mol. The van der Waals surface area contributed by atoms with Gasteiger partial charge in [0.05, 0.1) is 5.56 Å². The van der Waals surface area contributed by atoms with Gasteiger partial charge >= 0.3 is 0 Å². The molecule has 0 bridgehead atoms. The molecule has 0 amide bonds. The van der Waals surface area contributed by atoms with Gasteiger partial charge in [0.15, 0.2) is 6.20 Å². The summed E-state index contributed by atoms with van der Waals surface area (Å²) >= 11 is 0. The van der Waals surface area contributed by atoms with Crippen molar-refractivity contribution < 1.29 is 13.1 Å². The van der Waals surface area contributed by atoms with Crippen LogP contribution in [0, 0.1) is 13.8 Å². The molecule has 6 rings (SSSR count). The summed E-state index contributed by atoms with van der Waals surface area (Å²) in [6.07, 6.45) is 1.70. The van der Waals surface area contributed by atoms with Gasteiger partial charge < -0.3 is 4.42 Å². The van der Waals surface area contributed by atoms with Crippen molar-refractivity contribution in [2.24, 2.45) is 7.05 Å². The molecule has 1 aliphatic carbocycles. The molecule has 0 N–H and O–H groups in total. The van der Waals surface area contributed by atoms with E-state index in [0.29, 0.717) is 5.56 Å². The molecule has 0 saturated heterocycles. The van der Waals surface area contributed by atoms with Crippen LogP contribution in [-0.2, 0) is 12.5 Å². The van der Waals surface area contributed by atoms with Crippen LogP contribution < -0.4 is 4.57 Å². The third-order valence-corrected chi connectivity index (χ3v) is 6.92. The molecule has 2 heterocycles. The van der Waals surface area contributed by atoms with Crippen molar-refractivity contribution in [3.63, 3.8) is 0 Å². The van der Waals surface area contributed by atoms with E-state index in [1.54, 1.807) is 12.3 Å². The summed E-state index contributed by atoms with van der Waals surface area (Å²) in [7, 11) is 1.89. The number of aromatic nitrogens is 1. The van der Waals surface area contributed by atoms with E-state index in [-0.39, 0.29) is 5.41 Å². The molecular formula is C29H26NO+. The molecule has 0 unspecified atom stereocenters. The van der Waals surface area contributed by atoms with E-state index >= 15 is 0 Å². The number of furan rings is 1. The second kappa shape index (κ2) is 6.07. The number of pyridine rings is 1. The number of rotatable bonds is 1. The first-order valence-electron chi connectivity index (χ1n) is 12.2. The van der Waals surface area contributed by atoms with Crippen LogP contribution in [0.2, 0.25) is 0 Å². The van der Waals surface area contributed by atoms with Crippen LogP contribution >= 0.6 is 0 Å². The fourth-order valence-corrected chi connectivity index (χ4v) is 5.49. The second-order valence-electron chi connectivity index (χ2n) is 9.18. The molecule has 0 atom stereocenters. The number of nitrogens with zero attached hydrogens (tertiary/aromatic N) is 1. The highest BCUT2D eigenvalue weighted by Crippen LogP contribution is 2.53. The zero-order valence-electron chi connectivity index (χ0n) is 21.2. The topological polar surface area (TPSA) is 17.0 Å². The lowest BCUT2D eigenvalue weighted by Crippen LogP contribution is -2.31. The van der Waals surface area contributed by atoms with Crippen molar-refractivity contribution in [2.75, 3.05) is 0 Å². The summed E-state index contributed by atoms with van der Waals surface area (Å²) in [4.78, 5) is 0. The average Bonchev–Trinajstić information content (AvgIpc) is 3.26. The van der Waals surface area contributed by atoms with Crippen LogP contribution in [0.3, 0.4) is 0 Å². The Labute approximate surface area is 187 Å². The van der Waals surface area contributed by atoms with Gasteiger partial charge in [0.25, 0.3) is 0 Å². The molecule has 0 radical (unpaired) electrons. The number of hydrogen-bond acceptors (Lipinski definition) is 1. The average molecular weight is 408 g/mol. The number of fused-ring (bicyclic) bond motifs is 7. The SMILES string of the molecule is [2H]C([2H])([2H])c1ccc(-c2c(C)ccc3c2oc2ccc4c(c23)C(C)(C)c2ccccc2-4)[n+](C)c1. The monoisotopic (exact) mass is 407 g/mol. The predicted molar refractivity (Wildman–Crippen MR) is 127 cm³/mol. The Balaban J connectivity index is 1.67. The highest BCUT2D eigenvalue weighted by atomic mass is 16.3. The van der Waals surface area contributed by atoms with E-state index < -0.39 is 6.85 Å². The van der Waals surface area contributed by atoms with Crippen molar-refractivity contribution in [3.8, 4) is 22.4 Å². The normalized spacial score (nSPS) is 16.1. The molecule has 31 heavy (non-hydrogen) atoms. The van der Waals surface area contributed by atoms with E-state index in [0.717, 1.165) is 38.8 Å². The van der Waals surface area contributed by atoms with Gasteiger partial charge in [0.2, 0.25) is 5.69 Å². The summed E-state index contributed by atoms with van der Waals surface area (Å²) in [6, 6.07) is 20.8. The van der Waals surface area contributed by atoms with E-state index in [2.05, 4.69) is 69.3 Å². The molecule has 0 spiro atoms. The standard InChI is InChI=1S/C29H26NO/c1-17-10-14-23(30(5)16-17)25-18(2)11-12-21-26-24(31-28(21)25)15-13-20-19-8-6-7-9-22(19)29(3,4)27(20)26/h6-16H,1-5H3/q+1/i1D3. The smallest absolute Gasteiger partial charge is 0.216 e. The maximum atomic E-state index is 7.76. The van der Waals surface area contributed by atoms with E-state index in [1.807, 2.05) is 17.7 Å². The Bertz CT molecular complexity index is 1640. The first kappa shape index (κ1) is 15.4. The third kappa shape index (κ3) is 2.36. The molecule has 0 aliphatic heterocycles. The first-order valence-corrected chi connectivity index (χ1v) is 10.7. The summed E-state index contributed by atoms with van der Waals surface area (Å²) in [6.45, 7) is 4.51. The van der Waals surface area contributed by atoms with Crippen LogP contribution in [0.25, 0.3) is 44.3 Å². The zero-order chi connectivity index (χ0) is 24.0. The maximum absolute atomic E-state index is 7.76. The quantitative estimate of drug-likeness (QED) is 0.273. The first-order chi connectivity index (χ1) is 16.1. The van der Waals surface area contributed by atoms with Gasteiger partial charge in [-0.1, -0.05) is 56.3 Å². The fourth-order valence-electron chi connectivity index (χ4n) is 5.49. The molecule has 2 heteroatoms. The van der Waals surface area contributed by atoms with Crippen molar-refractivity contribution in [1.29, 1.82) is 0 Å². The van der Waals surface area contributed by atoms with Gasteiger partial charge in [-0.3, -0.25) is 0 Å². The molecule has 2 aromatic heterocycles. The van der Waals surface area contributed by atoms with Crippen LogP contribution in [0.15, 0.2) is 71.3 Å². The van der Waals surface area contributed by atoms with Crippen LogP contribution in [0.5, 0.6) is 0 Å². The van der Waals surface area contributed by atoms with Crippen molar-refractivity contribution in [3.05, 3.63) is 89.1 Å². The minimum Gasteiger partial charge on any atom is -0.455 e. The Morgan fingerprint density at radius 2 is 1.77 bits per heavy atom. The van der Waals surface area contributed by atoms with Crippen molar-refractivity contribution in [2.45, 2.75) is 33.0 Å². The molecule has 3 aromatic carbocycles. The molecule has 1 aliphatic rings. The number of aryl methyl sites for hydroxylation is 3. The minimum absolute atomic E-state index is 0.140. The van der Waals surface area contributed by atoms with Crippen molar-refractivity contribution >= 4 is 21.9 Å². The van der Waals surface area contributed by atoms with Gasteiger partial charge in [0.1, 0.15) is 18.2 Å². The highest BCUT2D eigenvalue weighted by Gasteiger charge is 2.38. The summed E-state index contributed by atoms with van der Waals surface area (Å²) < 4.78 is 31.7. The van der Waals surface area contributed by atoms with Crippen LogP contribution in [-0.4, -0.2) is 0 Å². The molecule has 0 fully saturated rings. The van der Waals surface area contributed by atoms with Gasteiger partial charge in [-0.25, -0.2) is 4.57 Å². The molecule has 2 nitrogen and oxygen atoms in total. The van der Waals surface area contributed by atoms with Crippen LogP contribution in [0.4, 0.5) is 0 Å². The largest absolute Gasteiger partial charge is 0.455 e. The summed E-state index contributed by atoms with van der Waals surface area (Å²) in [5, 5.41) is 2.25. The van der Waals surface area contributed by atoms with Crippen LogP contribution in [0.1, 0.15) is 40.2 Å². The summed E-state index contributed by atoms with van der Waals surface area (Å²) in [5.74, 6) is 0. The molecule has 0 saturated carbocycles. The van der Waals surface area contributed by atoms with Gasteiger partial charge in [0, 0.05) is 31.9 Å². The Morgan fingerprint density at radius 1 is 0.935 bits per heavy atom. The predicted octanol–water partition coefficient (Wildman–Crippen LogP) is 7.00.